The van der Waals surface area contributed by atoms with Gasteiger partial charge in [-0.25, -0.2) is 16.8 Å². The first-order valence-corrected chi connectivity index (χ1v) is 7.74. The van der Waals surface area contributed by atoms with Gasteiger partial charge in [0.1, 0.15) is 5.84 Å². The number of hydrogen-bond donors (Lipinski definition) is 2. The minimum atomic E-state index is -3.90. The number of likely N-dealkylation sites (N-methyl/N-ethyl adjacent to an activating group) is 1. The monoisotopic (exact) mass is 257 g/mol. The molecule has 0 aliphatic carbocycles. The van der Waals surface area contributed by atoms with E-state index in [2.05, 4.69) is 0 Å². The molecule has 0 amide bonds. The van der Waals surface area contributed by atoms with Crippen LogP contribution < -0.4 is 5.73 Å². The van der Waals surface area contributed by atoms with Crippen LogP contribution in [0, 0.1) is 5.41 Å². The average Bonchev–Trinajstić information content (AvgIpc) is 1.94. The van der Waals surface area contributed by atoms with Crippen LogP contribution in [0.3, 0.4) is 0 Å². The van der Waals surface area contributed by atoms with Gasteiger partial charge in [-0.3, -0.25) is 5.41 Å². The van der Waals surface area contributed by atoms with Crippen molar-refractivity contribution in [1.82, 2.24) is 4.31 Å². The smallest absolute Gasteiger partial charge is 0.228 e. The molecule has 0 aliphatic heterocycles. The molecule has 3 N–H and O–H groups in total. The van der Waals surface area contributed by atoms with Crippen LogP contribution in [-0.2, 0) is 19.9 Å². The number of nitrogens with zero attached hydrogens (tertiary/aromatic N) is 1. The fourth-order valence-corrected chi connectivity index (χ4v) is 4.43. The van der Waals surface area contributed by atoms with Crippen molar-refractivity contribution in [2.24, 2.45) is 5.73 Å². The Hall–Kier alpha value is -0.670. The second kappa shape index (κ2) is 4.90. The van der Waals surface area contributed by atoms with Crippen molar-refractivity contribution in [2.45, 2.75) is 6.92 Å². The second-order valence-electron chi connectivity index (χ2n) is 3.11. The van der Waals surface area contributed by atoms with Crippen molar-refractivity contribution >= 4 is 25.7 Å². The first kappa shape index (κ1) is 14.3. The number of rotatable bonds is 6. The van der Waals surface area contributed by atoms with E-state index in [9.17, 15) is 16.8 Å². The van der Waals surface area contributed by atoms with Gasteiger partial charge in [0.15, 0.2) is 14.9 Å². The van der Waals surface area contributed by atoms with Crippen molar-refractivity contribution in [3.8, 4) is 0 Å². The summed E-state index contributed by atoms with van der Waals surface area (Å²) in [5.41, 5.74) is 5.06. The van der Waals surface area contributed by atoms with E-state index in [1.807, 2.05) is 0 Å². The third-order valence-corrected chi connectivity index (χ3v) is 5.53. The van der Waals surface area contributed by atoms with Gasteiger partial charge in [0.2, 0.25) is 10.0 Å². The van der Waals surface area contributed by atoms with E-state index in [1.165, 1.54) is 0 Å². The van der Waals surface area contributed by atoms with Crippen LogP contribution in [0.25, 0.3) is 0 Å². The van der Waals surface area contributed by atoms with Gasteiger partial charge in [0.25, 0.3) is 0 Å². The molecule has 0 rings (SSSR count). The van der Waals surface area contributed by atoms with E-state index in [0.717, 1.165) is 10.6 Å². The average molecular weight is 257 g/mol. The molecule has 0 saturated heterocycles. The summed E-state index contributed by atoms with van der Waals surface area (Å²) < 4.78 is 45.6. The van der Waals surface area contributed by atoms with Crippen LogP contribution in [-0.4, -0.2) is 51.4 Å². The van der Waals surface area contributed by atoms with Gasteiger partial charge in [0.05, 0.1) is 6.54 Å². The van der Waals surface area contributed by atoms with Crippen molar-refractivity contribution in [1.29, 1.82) is 5.41 Å². The largest absolute Gasteiger partial charge is 0.387 e. The first-order valence-electron chi connectivity index (χ1n) is 4.07. The summed E-state index contributed by atoms with van der Waals surface area (Å²) in [6, 6.07) is 0. The molecule has 0 fully saturated rings. The molecule has 0 unspecified atom stereocenters. The Labute approximate surface area is 89.7 Å². The van der Waals surface area contributed by atoms with E-state index >= 15 is 0 Å². The van der Waals surface area contributed by atoms with Crippen LogP contribution in [0.1, 0.15) is 6.92 Å². The summed E-state index contributed by atoms with van der Waals surface area (Å²) in [4.78, 5) is 0. The summed E-state index contributed by atoms with van der Waals surface area (Å²) in [5, 5.41) is 6.00. The van der Waals surface area contributed by atoms with Crippen LogP contribution in [0.15, 0.2) is 0 Å². The molecular formula is C6H15N3O4S2. The van der Waals surface area contributed by atoms with Crippen LogP contribution in [0.5, 0.6) is 0 Å². The Morgan fingerprint density at radius 1 is 1.33 bits per heavy atom. The zero-order valence-electron chi connectivity index (χ0n) is 8.60. The number of nitrogens with one attached hydrogen (secondary N) is 1. The van der Waals surface area contributed by atoms with Crippen LogP contribution >= 0.6 is 0 Å². The molecule has 0 aromatic heterocycles. The maximum Gasteiger partial charge on any atom is 0.228 e. The van der Waals surface area contributed by atoms with E-state index in [0.29, 0.717) is 0 Å². The summed E-state index contributed by atoms with van der Waals surface area (Å²) in [5.74, 6) is -0.325. The van der Waals surface area contributed by atoms with Crippen LogP contribution in [0.2, 0.25) is 0 Å². The quantitative estimate of drug-likeness (QED) is 0.446. The molecule has 0 heterocycles. The summed E-state index contributed by atoms with van der Waals surface area (Å²) in [6.07, 6.45) is 0.839. The lowest BCUT2D eigenvalue weighted by molar-refractivity contribution is 0.469. The van der Waals surface area contributed by atoms with Crippen molar-refractivity contribution < 1.29 is 16.8 Å². The Morgan fingerprint density at radius 2 is 1.80 bits per heavy atom. The molecule has 15 heavy (non-hydrogen) atoms. The number of sulfonamides is 1. The number of sulfone groups is 1. The van der Waals surface area contributed by atoms with Gasteiger partial charge in [-0.05, 0) is 0 Å². The number of nitrogens with two attached hydrogens (primary N) is 1. The molecule has 0 saturated carbocycles. The Kier molecular flexibility index (Phi) is 4.68. The molecule has 90 valence electrons. The Bertz CT molecular complexity index is 425. The molecule has 0 atom stereocenters. The standard InChI is InChI=1S/C6H15N3O4S2/c1-3-9(4-6(7)8)15(12,13)5-14(2,10)11/h3-5H2,1-2H3,(H3,7,8). The lowest BCUT2D eigenvalue weighted by atomic mass is 10.6. The van der Waals surface area contributed by atoms with Gasteiger partial charge in [-0.2, -0.15) is 4.31 Å². The predicted molar refractivity (Wildman–Crippen MR) is 57.8 cm³/mol. The zero-order chi connectivity index (χ0) is 12.3. The minimum absolute atomic E-state index is 0.0808. The fraction of sp³-hybridized carbons (Fsp3) is 0.833. The van der Waals surface area contributed by atoms with Gasteiger partial charge in [-0.15, -0.1) is 0 Å². The number of amidine groups is 1. The van der Waals surface area contributed by atoms with E-state index < -0.39 is 24.9 Å². The van der Waals surface area contributed by atoms with Crippen molar-refractivity contribution in [3.05, 3.63) is 0 Å². The molecule has 0 aromatic carbocycles. The van der Waals surface area contributed by atoms with Crippen molar-refractivity contribution in [2.75, 3.05) is 24.4 Å². The highest BCUT2D eigenvalue weighted by Gasteiger charge is 2.25. The zero-order valence-corrected chi connectivity index (χ0v) is 10.2. The maximum atomic E-state index is 11.5. The second-order valence-corrected chi connectivity index (χ2v) is 7.58. The normalized spacial score (nSPS) is 13.0. The van der Waals surface area contributed by atoms with Crippen LogP contribution in [0.4, 0.5) is 0 Å². The lowest BCUT2D eigenvalue weighted by Gasteiger charge is -2.18. The molecule has 0 spiro atoms. The van der Waals surface area contributed by atoms with Gasteiger partial charge in [-0.1, -0.05) is 6.92 Å². The summed E-state index contributed by atoms with van der Waals surface area (Å²) in [6.45, 7) is 1.34. The first-order chi connectivity index (χ1) is 6.58. The third-order valence-electron chi connectivity index (χ3n) is 1.46. The SMILES string of the molecule is CCN(CC(=N)N)S(=O)(=O)CS(C)(=O)=O. The maximum absolute atomic E-state index is 11.5. The highest BCUT2D eigenvalue weighted by atomic mass is 32.3. The molecule has 0 bridgehead atoms. The van der Waals surface area contributed by atoms with Gasteiger partial charge in [0, 0.05) is 12.8 Å². The van der Waals surface area contributed by atoms with Gasteiger partial charge >= 0.3 is 0 Å². The fourth-order valence-electron chi connectivity index (χ4n) is 0.942. The van der Waals surface area contributed by atoms with Gasteiger partial charge < -0.3 is 5.73 Å². The highest BCUT2D eigenvalue weighted by molar-refractivity contribution is 8.06. The van der Waals surface area contributed by atoms with E-state index in [1.54, 1.807) is 6.92 Å². The number of hydrogen-bond acceptors (Lipinski definition) is 5. The topological polar surface area (TPSA) is 121 Å². The Balaban J connectivity index is 4.91. The molecule has 0 radical (unpaired) electrons. The lowest BCUT2D eigenvalue weighted by Crippen LogP contribution is -2.40. The molecule has 0 aromatic rings. The third kappa shape index (κ3) is 5.70. The van der Waals surface area contributed by atoms with E-state index in [-0.39, 0.29) is 18.9 Å². The predicted octanol–water partition coefficient (Wildman–Crippen LogP) is -1.42. The molecular weight excluding hydrogens is 242 g/mol. The summed E-state index contributed by atoms with van der Waals surface area (Å²) >= 11 is 0. The summed E-state index contributed by atoms with van der Waals surface area (Å²) in [7, 11) is -7.51. The van der Waals surface area contributed by atoms with E-state index in [4.69, 9.17) is 11.1 Å². The molecule has 9 heteroatoms. The molecule has 7 nitrogen and oxygen atoms in total. The molecule has 0 aliphatic rings. The minimum Gasteiger partial charge on any atom is -0.387 e. The Morgan fingerprint density at radius 3 is 2.07 bits per heavy atom. The van der Waals surface area contributed by atoms with Crippen molar-refractivity contribution in [3.63, 3.8) is 0 Å². The highest BCUT2D eigenvalue weighted by Crippen LogP contribution is 2.03.